The lowest BCUT2D eigenvalue weighted by Crippen LogP contribution is -2.42. The minimum atomic E-state index is -1.33. The van der Waals surface area contributed by atoms with Gasteiger partial charge in [-0.05, 0) is 34.7 Å². The third-order valence-corrected chi connectivity index (χ3v) is 7.99. The molecule has 0 N–H and O–H groups in total. The van der Waals surface area contributed by atoms with Gasteiger partial charge in [0.2, 0.25) is 0 Å². The van der Waals surface area contributed by atoms with E-state index in [0.717, 1.165) is 10.5 Å². The maximum absolute atomic E-state index is 13.0. The van der Waals surface area contributed by atoms with E-state index in [1.165, 1.54) is 34.6 Å². The van der Waals surface area contributed by atoms with Gasteiger partial charge in [0, 0.05) is 0 Å². The fourth-order valence-corrected chi connectivity index (χ4v) is 6.48. The van der Waals surface area contributed by atoms with Gasteiger partial charge in [-0.15, -0.1) is 0 Å². The lowest BCUT2D eigenvalue weighted by atomic mass is 10.3. The van der Waals surface area contributed by atoms with E-state index in [2.05, 4.69) is 22.6 Å². The first-order valence-corrected chi connectivity index (χ1v) is 9.27. The summed E-state index contributed by atoms with van der Waals surface area (Å²) in [6.45, 7) is 0. The predicted molar refractivity (Wildman–Crippen MR) is 82.9 cm³/mol. The van der Waals surface area contributed by atoms with Crippen LogP contribution in [0.2, 0.25) is 6.04 Å². The zero-order valence-corrected chi connectivity index (χ0v) is 13.1. The van der Waals surface area contributed by atoms with Crippen LogP contribution in [-0.4, -0.2) is 13.2 Å². The summed E-state index contributed by atoms with van der Waals surface area (Å²) >= 11 is 2.36. The molecule has 0 saturated carbocycles. The van der Waals surface area contributed by atoms with Gasteiger partial charge in [0.1, 0.15) is 20.4 Å². The summed E-state index contributed by atoms with van der Waals surface area (Å²) in [4.78, 5) is 0. The van der Waals surface area contributed by atoms with Crippen molar-refractivity contribution in [1.29, 1.82) is 0 Å². The molecule has 0 nitrogen and oxygen atoms in total. The Kier molecular flexibility index (Phi) is 4.88. The molecule has 94 valence electrons. The number of rotatable bonds is 4. The Morgan fingerprint density at radius 2 is 1.17 bits per heavy atom. The SMILES string of the molecule is Fc1ccc([SiH](CCI)c2ccc(F)cc2)cc1. The van der Waals surface area contributed by atoms with Crippen molar-refractivity contribution >= 4 is 41.8 Å². The minimum absolute atomic E-state index is 0.208. The Bertz CT molecular complexity index is 451. The summed E-state index contributed by atoms with van der Waals surface area (Å²) < 4.78 is 27.0. The van der Waals surface area contributed by atoms with E-state index in [-0.39, 0.29) is 11.6 Å². The molecule has 0 fully saturated rings. The van der Waals surface area contributed by atoms with Crippen LogP contribution in [0.3, 0.4) is 0 Å². The van der Waals surface area contributed by atoms with Gasteiger partial charge >= 0.3 is 0 Å². The van der Waals surface area contributed by atoms with Crippen LogP contribution in [0.25, 0.3) is 0 Å². The number of halogens is 3. The van der Waals surface area contributed by atoms with Gasteiger partial charge in [-0.25, -0.2) is 8.78 Å². The molecule has 2 rings (SSSR count). The molecule has 0 spiro atoms. The molecule has 0 aromatic heterocycles. The van der Waals surface area contributed by atoms with E-state index in [9.17, 15) is 8.78 Å². The number of benzene rings is 2. The maximum atomic E-state index is 13.0. The third-order valence-electron chi connectivity index (χ3n) is 2.94. The van der Waals surface area contributed by atoms with E-state index in [4.69, 9.17) is 0 Å². The molecule has 2 aromatic rings. The first-order valence-electron chi connectivity index (χ1n) is 5.77. The highest BCUT2D eigenvalue weighted by molar-refractivity contribution is 14.1. The lowest BCUT2D eigenvalue weighted by Gasteiger charge is -2.15. The molecule has 0 amide bonds. The highest BCUT2D eigenvalue weighted by Gasteiger charge is 2.15. The van der Waals surface area contributed by atoms with E-state index in [1.807, 2.05) is 24.3 Å². The number of hydrogen-bond acceptors (Lipinski definition) is 0. The summed E-state index contributed by atoms with van der Waals surface area (Å²) in [6.07, 6.45) is 0. The molecule has 0 aliphatic rings. The topological polar surface area (TPSA) is 0 Å². The fraction of sp³-hybridized carbons (Fsp3) is 0.143. The Morgan fingerprint density at radius 1 is 0.778 bits per heavy atom. The molecular formula is C14H13F2ISi. The number of alkyl halides is 1. The Labute approximate surface area is 121 Å². The van der Waals surface area contributed by atoms with Gasteiger partial charge < -0.3 is 0 Å². The van der Waals surface area contributed by atoms with Gasteiger partial charge in [-0.1, -0.05) is 57.2 Å². The van der Waals surface area contributed by atoms with Crippen molar-refractivity contribution in [3.63, 3.8) is 0 Å². The molecule has 0 heterocycles. The molecular weight excluding hydrogens is 361 g/mol. The van der Waals surface area contributed by atoms with Crippen molar-refractivity contribution in [1.82, 2.24) is 0 Å². The van der Waals surface area contributed by atoms with Crippen LogP contribution >= 0.6 is 22.6 Å². The van der Waals surface area contributed by atoms with E-state index >= 15 is 0 Å². The van der Waals surface area contributed by atoms with Gasteiger partial charge in [0.15, 0.2) is 0 Å². The van der Waals surface area contributed by atoms with Crippen LogP contribution < -0.4 is 10.4 Å². The Balaban J connectivity index is 2.33. The molecule has 0 aliphatic carbocycles. The van der Waals surface area contributed by atoms with Gasteiger partial charge in [-0.3, -0.25) is 0 Å². The average Bonchev–Trinajstić information content (AvgIpc) is 2.39. The van der Waals surface area contributed by atoms with E-state index in [1.54, 1.807) is 0 Å². The normalized spacial score (nSPS) is 10.9. The number of hydrogen-bond donors (Lipinski definition) is 0. The zero-order chi connectivity index (χ0) is 13.0. The lowest BCUT2D eigenvalue weighted by molar-refractivity contribution is 0.628. The van der Waals surface area contributed by atoms with Crippen molar-refractivity contribution < 1.29 is 8.78 Å². The Hall–Kier alpha value is -0.753. The first kappa shape index (κ1) is 13.7. The fourth-order valence-electron chi connectivity index (χ4n) is 2.03. The third kappa shape index (κ3) is 3.38. The van der Waals surface area contributed by atoms with Crippen molar-refractivity contribution in [3.05, 3.63) is 60.2 Å². The van der Waals surface area contributed by atoms with Gasteiger partial charge in [0.05, 0.1) is 0 Å². The highest BCUT2D eigenvalue weighted by atomic mass is 127. The molecule has 4 heteroatoms. The van der Waals surface area contributed by atoms with Gasteiger partial charge in [0.25, 0.3) is 0 Å². The molecule has 0 unspecified atom stereocenters. The quantitative estimate of drug-likeness (QED) is 0.439. The first-order chi connectivity index (χ1) is 8.70. The second kappa shape index (κ2) is 6.42. The summed E-state index contributed by atoms with van der Waals surface area (Å²) in [7, 11) is -1.33. The zero-order valence-electron chi connectivity index (χ0n) is 9.74. The molecule has 0 atom stereocenters. The second-order valence-electron chi connectivity index (χ2n) is 4.13. The van der Waals surface area contributed by atoms with Crippen LogP contribution in [0, 0.1) is 11.6 Å². The molecule has 0 saturated heterocycles. The average molecular weight is 374 g/mol. The van der Waals surface area contributed by atoms with Crippen LogP contribution in [0.4, 0.5) is 8.78 Å². The van der Waals surface area contributed by atoms with Gasteiger partial charge in [-0.2, -0.15) is 0 Å². The van der Waals surface area contributed by atoms with Crippen molar-refractivity contribution in [2.24, 2.45) is 0 Å². The Morgan fingerprint density at radius 3 is 1.50 bits per heavy atom. The highest BCUT2D eigenvalue weighted by Crippen LogP contribution is 2.03. The largest absolute Gasteiger partial charge is 0.207 e. The smallest absolute Gasteiger partial charge is 0.123 e. The van der Waals surface area contributed by atoms with E-state index in [0.29, 0.717) is 0 Å². The predicted octanol–water partition coefficient (Wildman–Crippen LogP) is 2.74. The van der Waals surface area contributed by atoms with Crippen LogP contribution in [-0.2, 0) is 0 Å². The molecule has 2 aromatic carbocycles. The summed E-state index contributed by atoms with van der Waals surface area (Å²) in [5.41, 5.74) is 0. The molecule has 0 aliphatic heterocycles. The molecule has 18 heavy (non-hydrogen) atoms. The molecule has 0 bridgehead atoms. The van der Waals surface area contributed by atoms with Crippen molar-refractivity contribution in [3.8, 4) is 0 Å². The van der Waals surface area contributed by atoms with Crippen LogP contribution in [0.15, 0.2) is 48.5 Å². The molecule has 0 radical (unpaired) electrons. The summed E-state index contributed by atoms with van der Waals surface area (Å²) in [6, 6.07) is 14.6. The van der Waals surface area contributed by atoms with Crippen molar-refractivity contribution in [2.45, 2.75) is 6.04 Å². The second-order valence-corrected chi connectivity index (χ2v) is 8.23. The van der Waals surface area contributed by atoms with Crippen molar-refractivity contribution in [2.75, 3.05) is 4.43 Å². The van der Waals surface area contributed by atoms with Crippen LogP contribution in [0.1, 0.15) is 0 Å². The van der Waals surface area contributed by atoms with Crippen LogP contribution in [0.5, 0.6) is 0 Å². The minimum Gasteiger partial charge on any atom is -0.207 e. The standard InChI is InChI=1S/C14H13F2ISi/c15-11-1-5-13(6-2-11)18(10-9-17)14-7-3-12(16)4-8-14/h1-8,18H,9-10H2. The monoisotopic (exact) mass is 374 g/mol. The summed E-state index contributed by atoms with van der Waals surface area (Å²) in [5.74, 6) is -0.417. The summed E-state index contributed by atoms with van der Waals surface area (Å²) in [5, 5.41) is 2.42. The maximum Gasteiger partial charge on any atom is 0.123 e. The van der Waals surface area contributed by atoms with E-state index < -0.39 is 8.80 Å².